The van der Waals surface area contributed by atoms with Gasteiger partial charge in [-0.2, -0.15) is 5.10 Å². The van der Waals surface area contributed by atoms with Gasteiger partial charge in [-0.15, -0.1) is 0 Å². The fourth-order valence-electron chi connectivity index (χ4n) is 2.89. The fourth-order valence-corrected chi connectivity index (χ4v) is 2.89. The van der Waals surface area contributed by atoms with Crippen LogP contribution in [0.3, 0.4) is 0 Å². The van der Waals surface area contributed by atoms with Crippen molar-refractivity contribution in [1.29, 1.82) is 0 Å². The van der Waals surface area contributed by atoms with Crippen LogP contribution in [0.4, 0.5) is 5.69 Å². The zero-order chi connectivity index (χ0) is 17.1. The van der Waals surface area contributed by atoms with E-state index in [2.05, 4.69) is 10.4 Å². The minimum absolute atomic E-state index is 0.115. The Morgan fingerprint density at radius 1 is 0.840 bits per heavy atom. The molecule has 0 fully saturated rings. The highest BCUT2D eigenvalue weighted by Gasteiger charge is 2.32. The third kappa shape index (κ3) is 3.02. The third-order valence-corrected chi connectivity index (χ3v) is 4.15. The van der Waals surface area contributed by atoms with Gasteiger partial charge in [0.05, 0.1) is 11.8 Å². The van der Waals surface area contributed by atoms with Crippen molar-refractivity contribution in [3.05, 3.63) is 102 Å². The summed E-state index contributed by atoms with van der Waals surface area (Å²) >= 11 is 0. The molecule has 1 aliphatic heterocycles. The van der Waals surface area contributed by atoms with Crippen molar-refractivity contribution in [3.8, 4) is 0 Å². The zero-order valence-electron chi connectivity index (χ0n) is 13.5. The van der Waals surface area contributed by atoms with Gasteiger partial charge in [0.1, 0.15) is 0 Å². The van der Waals surface area contributed by atoms with Crippen LogP contribution >= 0.6 is 0 Å². The second-order valence-corrected chi connectivity index (χ2v) is 5.81. The van der Waals surface area contributed by atoms with Crippen LogP contribution in [0.15, 0.2) is 90.0 Å². The van der Waals surface area contributed by atoms with E-state index in [-0.39, 0.29) is 12.1 Å². The number of nitrogens with zero attached hydrogens (tertiary/aromatic N) is 2. The predicted octanol–water partition coefficient (Wildman–Crippen LogP) is 4.29. The highest BCUT2D eigenvalue weighted by atomic mass is 16.2. The zero-order valence-corrected chi connectivity index (χ0v) is 13.5. The van der Waals surface area contributed by atoms with E-state index in [0.29, 0.717) is 5.56 Å². The average molecular weight is 327 g/mol. The van der Waals surface area contributed by atoms with Crippen LogP contribution < -0.4 is 5.32 Å². The summed E-state index contributed by atoms with van der Waals surface area (Å²) in [7, 11) is 0. The van der Waals surface area contributed by atoms with Gasteiger partial charge in [0, 0.05) is 5.69 Å². The van der Waals surface area contributed by atoms with E-state index in [1.165, 1.54) is 5.01 Å². The highest BCUT2D eigenvalue weighted by Crippen LogP contribution is 2.33. The average Bonchev–Trinajstić information content (AvgIpc) is 2.69. The van der Waals surface area contributed by atoms with Crippen LogP contribution in [0.5, 0.6) is 0 Å². The van der Waals surface area contributed by atoms with Gasteiger partial charge in [-0.1, -0.05) is 72.8 Å². The van der Waals surface area contributed by atoms with E-state index in [4.69, 9.17) is 0 Å². The number of fused-ring (bicyclic) bond motifs is 1. The van der Waals surface area contributed by atoms with E-state index in [1.807, 2.05) is 84.9 Å². The number of rotatable bonds is 3. The first kappa shape index (κ1) is 15.1. The van der Waals surface area contributed by atoms with Gasteiger partial charge in [0.15, 0.2) is 6.17 Å². The molecular formula is C21H17N3O. The number of carbonyl (C=O) groups excluding carboxylic acids is 1. The number of benzene rings is 3. The molecule has 0 unspecified atom stereocenters. The quantitative estimate of drug-likeness (QED) is 0.730. The van der Waals surface area contributed by atoms with Crippen molar-refractivity contribution >= 4 is 17.8 Å². The van der Waals surface area contributed by atoms with Crippen molar-refractivity contribution in [3.63, 3.8) is 0 Å². The molecule has 0 saturated heterocycles. The molecule has 25 heavy (non-hydrogen) atoms. The van der Waals surface area contributed by atoms with E-state index in [9.17, 15) is 4.79 Å². The lowest BCUT2D eigenvalue weighted by Gasteiger charge is -2.34. The van der Waals surface area contributed by atoms with Crippen molar-refractivity contribution in [1.82, 2.24) is 5.01 Å². The molecule has 4 rings (SSSR count). The summed E-state index contributed by atoms with van der Waals surface area (Å²) in [5.41, 5.74) is 3.38. The minimum atomic E-state index is -0.344. The molecule has 1 atom stereocenters. The predicted molar refractivity (Wildman–Crippen MR) is 99.5 cm³/mol. The molecule has 0 bridgehead atoms. The molecule has 1 aliphatic rings. The number of amides is 1. The van der Waals surface area contributed by atoms with Gasteiger partial charge >= 0.3 is 0 Å². The fraction of sp³-hybridized carbons (Fsp3) is 0.0476. The Hall–Kier alpha value is -3.40. The van der Waals surface area contributed by atoms with Crippen molar-refractivity contribution in [2.75, 3.05) is 5.32 Å². The number of hydrogen-bond donors (Lipinski definition) is 1. The summed E-state index contributed by atoms with van der Waals surface area (Å²) in [5.74, 6) is -0.115. The minimum Gasteiger partial charge on any atom is -0.359 e. The number of nitrogens with one attached hydrogen (secondary N) is 1. The molecule has 0 aromatic heterocycles. The van der Waals surface area contributed by atoms with Crippen LogP contribution in [0.25, 0.3) is 0 Å². The number of hydrazone groups is 1. The molecule has 0 aliphatic carbocycles. The molecule has 0 spiro atoms. The molecule has 122 valence electrons. The lowest BCUT2D eigenvalue weighted by Crippen LogP contribution is -2.39. The summed E-state index contributed by atoms with van der Waals surface area (Å²) in [5, 5.41) is 9.41. The van der Waals surface area contributed by atoms with Gasteiger partial charge in [-0.05, 0) is 23.3 Å². The Morgan fingerprint density at radius 3 is 2.24 bits per heavy atom. The Kier molecular flexibility index (Phi) is 4.01. The molecule has 1 amide bonds. The molecule has 1 heterocycles. The highest BCUT2D eigenvalue weighted by molar-refractivity contribution is 6.02. The summed E-state index contributed by atoms with van der Waals surface area (Å²) in [4.78, 5) is 13.0. The second-order valence-electron chi connectivity index (χ2n) is 5.81. The molecule has 3 aromatic rings. The van der Waals surface area contributed by atoms with Crippen molar-refractivity contribution < 1.29 is 4.79 Å². The first-order valence-corrected chi connectivity index (χ1v) is 8.16. The van der Waals surface area contributed by atoms with Gasteiger partial charge in [-0.25, -0.2) is 5.01 Å². The van der Waals surface area contributed by atoms with Crippen LogP contribution in [-0.4, -0.2) is 17.1 Å². The van der Waals surface area contributed by atoms with Crippen LogP contribution in [0.1, 0.15) is 27.7 Å². The smallest absolute Gasteiger partial charge is 0.278 e. The van der Waals surface area contributed by atoms with Gasteiger partial charge in [0.25, 0.3) is 5.91 Å². The molecule has 0 saturated carbocycles. The van der Waals surface area contributed by atoms with Gasteiger partial charge < -0.3 is 5.32 Å². The molecule has 3 aromatic carbocycles. The Balaban J connectivity index is 1.75. The molecule has 0 radical (unpaired) electrons. The number of carbonyl (C=O) groups is 1. The standard InChI is InChI=1S/C21H17N3O/c25-21-18-13-7-8-14-19(18)23-20(17-11-5-2-6-12-17)24(21)22-15-16-9-3-1-4-10-16/h1-15,20,23H/b22-15-/t20-/m1/s1. The van der Waals surface area contributed by atoms with E-state index >= 15 is 0 Å². The number of hydrogen-bond acceptors (Lipinski definition) is 3. The van der Waals surface area contributed by atoms with Gasteiger partial charge in [0.2, 0.25) is 0 Å². The Labute approximate surface area is 146 Å². The van der Waals surface area contributed by atoms with E-state index < -0.39 is 0 Å². The van der Waals surface area contributed by atoms with Crippen molar-refractivity contribution in [2.24, 2.45) is 5.10 Å². The first-order valence-electron chi connectivity index (χ1n) is 8.16. The maximum atomic E-state index is 13.0. The second kappa shape index (κ2) is 6.61. The molecule has 4 nitrogen and oxygen atoms in total. The van der Waals surface area contributed by atoms with Crippen LogP contribution in [0, 0.1) is 0 Å². The molecule has 1 N–H and O–H groups in total. The summed E-state index contributed by atoms with van der Waals surface area (Å²) in [6.45, 7) is 0. The van der Waals surface area contributed by atoms with Gasteiger partial charge in [-0.3, -0.25) is 4.79 Å². The van der Waals surface area contributed by atoms with Crippen LogP contribution in [0.2, 0.25) is 0 Å². The Morgan fingerprint density at radius 2 is 1.48 bits per heavy atom. The number of anilines is 1. The molecule has 4 heteroatoms. The summed E-state index contributed by atoms with van der Waals surface area (Å²) in [6, 6.07) is 27.1. The SMILES string of the molecule is O=C1c2ccccc2N[C@@H](c2ccccc2)N1/N=C\c1ccccc1. The number of para-hydroxylation sites is 1. The topological polar surface area (TPSA) is 44.7 Å². The largest absolute Gasteiger partial charge is 0.359 e. The van der Waals surface area contributed by atoms with Crippen molar-refractivity contribution in [2.45, 2.75) is 6.17 Å². The first-order chi connectivity index (χ1) is 12.3. The lowest BCUT2D eigenvalue weighted by atomic mass is 10.1. The maximum absolute atomic E-state index is 13.0. The molecular weight excluding hydrogens is 310 g/mol. The van der Waals surface area contributed by atoms with Crippen LogP contribution in [-0.2, 0) is 0 Å². The summed E-state index contributed by atoms with van der Waals surface area (Å²) < 4.78 is 0. The van der Waals surface area contributed by atoms with E-state index in [1.54, 1.807) is 6.21 Å². The monoisotopic (exact) mass is 327 g/mol. The maximum Gasteiger partial charge on any atom is 0.278 e. The normalized spacial score (nSPS) is 16.6. The van der Waals surface area contributed by atoms with E-state index in [0.717, 1.165) is 16.8 Å². The third-order valence-electron chi connectivity index (χ3n) is 4.15. The Bertz CT molecular complexity index is 907. The lowest BCUT2D eigenvalue weighted by molar-refractivity contribution is 0.0691. The summed E-state index contributed by atoms with van der Waals surface area (Å²) in [6.07, 6.45) is 1.37.